The lowest BCUT2D eigenvalue weighted by molar-refractivity contribution is -0.142. The van der Waals surface area contributed by atoms with Crippen molar-refractivity contribution in [1.29, 1.82) is 0 Å². The Kier molecular flexibility index (Phi) is 5.17. The molecule has 0 radical (unpaired) electrons. The van der Waals surface area contributed by atoms with Crippen LogP contribution in [-0.2, 0) is 22.1 Å². The number of hydrogen-bond acceptors (Lipinski definition) is 2. The summed E-state index contributed by atoms with van der Waals surface area (Å²) >= 11 is 5.70. The lowest BCUT2D eigenvalue weighted by Crippen LogP contribution is -2.20. The van der Waals surface area contributed by atoms with E-state index in [-0.39, 0.29) is 18.6 Å². The third-order valence-electron chi connectivity index (χ3n) is 2.29. The number of ether oxygens (including phenoxy) is 1. The van der Waals surface area contributed by atoms with Crippen LogP contribution < -0.4 is 0 Å². The van der Waals surface area contributed by atoms with Gasteiger partial charge in [-0.2, -0.15) is 13.2 Å². The number of alkyl halides is 4. The Morgan fingerprint density at radius 1 is 1.42 bits per heavy atom. The minimum absolute atomic E-state index is 0.113. The van der Waals surface area contributed by atoms with Gasteiger partial charge in [-0.1, -0.05) is 6.07 Å². The van der Waals surface area contributed by atoms with Crippen molar-refractivity contribution < 1.29 is 27.1 Å². The van der Waals surface area contributed by atoms with Crippen LogP contribution in [0.3, 0.4) is 0 Å². The maximum absolute atomic E-state index is 13.0. The van der Waals surface area contributed by atoms with E-state index in [4.69, 9.17) is 11.6 Å². The number of rotatable bonds is 4. The molecule has 0 saturated carbocycles. The molecule has 1 aromatic rings. The van der Waals surface area contributed by atoms with E-state index in [2.05, 4.69) is 4.74 Å². The van der Waals surface area contributed by atoms with Crippen molar-refractivity contribution in [2.75, 3.05) is 6.61 Å². The molecular weight excluding hydrogens is 288 g/mol. The SMILES string of the molecule is CCOC(=O)C(Cl)Cc1ccc(F)c(C(F)(F)F)c1. The van der Waals surface area contributed by atoms with Gasteiger partial charge < -0.3 is 4.74 Å². The molecule has 1 aromatic carbocycles. The zero-order valence-electron chi connectivity index (χ0n) is 9.93. The molecule has 0 N–H and O–H groups in total. The van der Waals surface area contributed by atoms with Gasteiger partial charge in [0.15, 0.2) is 0 Å². The highest BCUT2D eigenvalue weighted by Crippen LogP contribution is 2.32. The first-order valence-electron chi connectivity index (χ1n) is 5.42. The monoisotopic (exact) mass is 298 g/mol. The van der Waals surface area contributed by atoms with E-state index in [9.17, 15) is 22.4 Å². The average molecular weight is 299 g/mol. The molecule has 0 aliphatic rings. The molecule has 1 rings (SSSR count). The lowest BCUT2D eigenvalue weighted by Gasteiger charge is -2.12. The van der Waals surface area contributed by atoms with Crippen LogP contribution in [0.5, 0.6) is 0 Å². The Balaban J connectivity index is 2.89. The number of esters is 1. The summed E-state index contributed by atoms with van der Waals surface area (Å²) in [6.07, 6.45) is -4.95. The number of hydrogen-bond donors (Lipinski definition) is 0. The summed E-state index contributed by atoms with van der Waals surface area (Å²) in [5, 5.41) is -1.11. The predicted octanol–water partition coefficient (Wildman–Crippen LogP) is 3.56. The van der Waals surface area contributed by atoms with E-state index in [0.29, 0.717) is 12.1 Å². The molecule has 0 fully saturated rings. The van der Waals surface area contributed by atoms with Gasteiger partial charge in [-0.3, -0.25) is 4.79 Å². The number of halogens is 5. The van der Waals surface area contributed by atoms with Crippen molar-refractivity contribution in [2.45, 2.75) is 24.9 Å². The standard InChI is InChI=1S/C12H11ClF4O2/c1-2-19-11(18)9(13)6-7-3-4-10(14)8(5-7)12(15,16)17/h3-5,9H,2,6H2,1H3. The number of benzene rings is 1. The maximum Gasteiger partial charge on any atom is 0.419 e. The normalized spacial score (nSPS) is 13.2. The number of carbonyl (C=O) groups is 1. The topological polar surface area (TPSA) is 26.3 Å². The summed E-state index contributed by atoms with van der Waals surface area (Å²) in [4.78, 5) is 11.2. The third-order valence-corrected chi connectivity index (χ3v) is 2.63. The molecule has 106 valence electrons. The molecule has 0 aliphatic heterocycles. The summed E-state index contributed by atoms with van der Waals surface area (Å²) in [5.74, 6) is -2.08. The molecule has 0 saturated heterocycles. The second kappa shape index (κ2) is 6.23. The van der Waals surface area contributed by atoms with E-state index in [1.807, 2.05) is 0 Å². The molecule has 19 heavy (non-hydrogen) atoms. The number of carbonyl (C=O) groups excluding carboxylic acids is 1. The summed E-state index contributed by atoms with van der Waals surface area (Å²) in [6, 6.07) is 2.50. The van der Waals surface area contributed by atoms with Crippen LogP contribution in [0.15, 0.2) is 18.2 Å². The van der Waals surface area contributed by atoms with Gasteiger partial charge in [0.05, 0.1) is 12.2 Å². The molecule has 0 bridgehead atoms. The average Bonchev–Trinajstić information content (AvgIpc) is 2.30. The van der Waals surface area contributed by atoms with Gasteiger partial charge in [0.1, 0.15) is 11.2 Å². The van der Waals surface area contributed by atoms with E-state index >= 15 is 0 Å². The minimum Gasteiger partial charge on any atom is -0.465 e. The first kappa shape index (κ1) is 15.8. The molecule has 7 heteroatoms. The van der Waals surface area contributed by atoms with Crippen molar-refractivity contribution in [3.05, 3.63) is 35.1 Å². The van der Waals surface area contributed by atoms with Gasteiger partial charge in [0, 0.05) is 0 Å². The molecule has 0 aromatic heterocycles. The van der Waals surface area contributed by atoms with Crippen molar-refractivity contribution in [3.63, 3.8) is 0 Å². The second-order valence-corrected chi connectivity index (χ2v) is 4.26. The zero-order chi connectivity index (χ0) is 14.6. The summed E-state index contributed by atoms with van der Waals surface area (Å²) in [7, 11) is 0. The zero-order valence-corrected chi connectivity index (χ0v) is 10.7. The Hall–Kier alpha value is -1.30. The Bertz CT molecular complexity index is 460. The van der Waals surface area contributed by atoms with Crippen LogP contribution in [0.4, 0.5) is 17.6 Å². The van der Waals surface area contributed by atoms with Gasteiger partial charge in [-0.25, -0.2) is 4.39 Å². The van der Waals surface area contributed by atoms with Crippen LogP contribution in [0.1, 0.15) is 18.1 Å². The molecule has 0 aliphatic carbocycles. The first-order chi connectivity index (χ1) is 8.75. The largest absolute Gasteiger partial charge is 0.465 e. The highest BCUT2D eigenvalue weighted by molar-refractivity contribution is 6.30. The van der Waals surface area contributed by atoms with Crippen LogP contribution in [0.2, 0.25) is 0 Å². The third kappa shape index (κ3) is 4.38. The van der Waals surface area contributed by atoms with Crippen LogP contribution in [-0.4, -0.2) is 18.0 Å². The van der Waals surface area contributed by atoms with Crippen molar-refractivity contribution in [3.8, 4) is 0 Å². The summed E-state index contributed by atoms with van der Waals surface area (Å²) < 4.78 is 55.1. The van der Waals surface area contributed by atoms with E-state index in [1.54, 1.807) is 6.92 Å². The van der Waals surface area contributed by atoms with Gasteiger partial charge >= 0.3 is 12.1 Å². The fraction of sp³-hybridized carbons (Fsp3) is 0.417. The summed E-state index contributed by atoms with van der Waals surface area (Å²) in [6.45, 7) is 1.71. The molecule has 1 atom stereocenters. The van der Waals surface area contributed by atoms with Crippen LogP contribution in [0, 0.1) is 5.82 Å². The predicted molar refractivity (Wildman–Crippen MR) is 61.4 cm³/mol. The molecular formula is C12H11ClF4O2. The van der Waals surface area contributed by atoms with Gasteiger partial charge in [0.2, 0.25) is 0 Å². The lowest BCUT2D eigenvalue weighted by atomic mass is 10.1. The highest BCUT2D eigenvalue weighted by Gasteiger charge is 2.34. The first-order valence-corrected chi connectivity index (χ1v) is 5.85. The quantitative estimate of drug-likeness (QED) is 0.483. The van der Waals surface area contributed by atoms with Crippen molar-refractivity contribution in [2.24, 2.45) is 0 Å². The van der Waals surface area contributed by atoms with Gasteiger partial charge in [0.25, 0.3) is 0 Å². The van der Waals surface area contributed by atoms with Crippen LogP contribution in [0.25, 0.3) is 0 Å². The second-order valence-electron chi connectivity index (χ2n) is 3.74. The van der Waals surface area contributed by atoms with Gasteiger partial charge in [-0.15, -0.1) is 11.6 Å². The van der Waals surface area contributed by atoms with E-state index in [1.165, 1.54) is 0 Å². The molecule has 2 nitrogen and oxygen atoms in total. The Morgan fingerprint density at radius 2 is 2.05 bits per heavy atom. The Morgan fingerprint density at radius 3 is 2.58 bits per heavy atom. The molecule has 1 unspecified atom stereocenters. The molecule has 0 heterocycles. The fourth-order valence-corrected chi connectivity index (χ4v) is 1.68. The minimum atomic E-state index is -4.79. The molecule has 0 spiro atoms. The van der Waals surface area contributed by atoms with Crippen LogP contribution >= 0.6 is 11.6 Å². The maximum atomic E-state index is 13.0. The Labute approximate surface area is 112 Å². The van der Waals surface area contributed by atoms with Gasteiger partial charge in [-0.05, 0) is 31.0 Å². The fourth-order valence-electron chi connectivity index (χ4n) is 1.44. The van der Waals surface area contributed by atoms with Crippen molar-refractivity contribution in [1.82, 2.24) is 0 Å². The summed E-state index contributed by atoms with van der Waals surface area (Å²) in [5.41, 5.74) is -1.26. The molecule has 0 amide bonds. The van der Waals surface area contributed by atoms with E-state index < -0.39 is 28.9 Å². The van der Waals surface area contributed by atoms with E-state index in [0.717, 1.165) is 6.07 Å². The highest BCUT2D eigenvalue weighted by atomic mass is 35.5. The van der Waals surface area contributed by atoms with Crippen molar-refractivity contribution >= 4 is 17.6 Å². The smallest absolute Gasteiger partial charge is 0.419 e.